The minimum atomic E-state index is -5.07. The fraction of sp³-hybridized carbons (Fsp3) is 0.263. The fourth-order valence-corrected chi connectivity index (χ4v) is 3.07. The number of nitriles is 1. The van der Waals surface area contributed by atoms with Crippen molar-refractivity contribution in [1.82, 2.24) is 4.98 Å². The Hall–Kier alpha value is -3.82. The Labute approximate surface area is 176 Å². The van der Waals surface area contributed by atoms with Crippen molar-refractivity contribution in [2.24, 2.45) is 10.7 Å². The van der Waals surface area contributed by atoms with Gasteiger partial charge in [0.1, 0.15) is 17.6 Å². The maximum absolute atomic E-state index is 14.5. The van der Waals surface area contributed by atoms with Crippen molar-refractivity contribution in [3.63, 3.8) is 0 Å². The van der Waals surface area contributed by atoms with E-state index in [-0.39, 0.29) is 16.9 Å². The first-order valence-corrected chi connectivity index (χ1v) is 8.80. The van der Waals surface area contributed by atoms with Gasteiger partial charge in [-0.1, -0.05) is 0 Å². The molecular weight excluding hydrogens is 444 g/mol. The van der Waals surface area contributed by atoms with Gasteiger partial charge in [-0.15, -0.1) is 0 Å². The van der Waals surface area contributed by atoms with E-state index in [1.807, 2.05) is 0 Å². The van der Waals surface area contributed by atoms with Gasteiger partial charge in [-0.05, 0) is 30.3 Å². The molecule has 0 bridgehead atoms. The number of hydrogen-bond donors (Lipinski definition) is 2. The van der Waals surface area contributed by atoms with Gasteiger partial charge >= 0.3 is 6.18 Å². The van der Waals surface area contributed by atoms with E-state index in [2.05, 4.69) is 20.0 Å². The molecule has 32 heavy (non-hydrogen) atoms. The van der Waals surface area contributed by atoms with E-state index in [1.165, 1.54) is 12.1 Å². The topological polar surface area (TPSA) is 113 Å². The highest BCUT2D eigenvalue weighted by molar-refractivity contribution is 6.02. The van der Waals surface area contributed by atoms with Gasteiger partial charge in [0.15, 0.2) is 11.6 Å². The summed E-state index contributed by atoms with van der Waals surface area (Å²) in [6.07, 6.45) is -11.7. The first-order valence-electron chi connectivity index (χ1n) is 8.80. The Morgan fingerprint density at radius 3 is 2.59 bits per heavy atom. The van der Waals surface area contributed by atoms with E-state index >= 15 is 0 Å². The Balaban J connectivity index is 1.99. The Morgan fingerprint density at radius 2 is 2.03 bits per heavy atom. The highest BCUT2D eigenvalue weighted by Gasteiger charge is 2.56. The molecule has 0 radical (unpaired) electrons. The maximum atomic E-state index is 14.5. The van der Waals surface area contributed by atoms with Crippen molar-refractivity contribution in [2.75, 3.05) is 5.32 Å². The summed E-state index contributed by atoms with van der Waals surface area (Å²) in [6.45, 7) is 0. The molecule has 7 nitrogen and oxygen atoms in total. The molecule has 1 aromatic carbocycles. The van der Waals surface area contributed by atoms with Gasteiger partial charge in [-0.2, -0.15) is 18.4 Å². The average molecular weight is 457 g/mol. The molecule has 3 rings (SSSR count). The van der Waals surface area contributed by atoms with Crippen molar-refractivity contribution in [2.45, 2.75) is 30.7 Å². The lowest BCUT2D eigenvalue weighted by Gasteiger charge is -2.37. The molecule has 168 valence electrons. The number of nitrogens with two attached hydrogens (primary N) is 1. The smallest absolute Gasteiger partial charge is 0.425 e. The number of aliphatic imine (C=N–C) groups is 1. The van der Waals surface area contributed by atoms with Gasteiger partial charge in [0.25, 0.3) is 18.4 Å². The quantitative estimate of drug-likeness (QED) is 0.683. The molecule has 1 aliphatic rings. The third-order valence-corrected chi connectivity index (χ3v) is 4.61. The van der Waals surface area contributed by atoms with Crippen LogP contribution in [0, 0.1) is 17.1 Å². The van der Waals surface area contributed by atoms with Crippen molar-refractivity contribution in [1.29, 1.82) is 5.26 Å². The molecule has 0 aliphatic carbocycles. The van der Waals surface area contributed by atoms with Crippen molar-refractivity contribution < 1.29 is 35.9 Å². The number of amidine groups is 1. The Morgan fingerprint density at radius 1 is 1.31 bits per heavy atom. The number of anilines is 1. The fourth-order valence-electron chi connectivity index (χ4n) is 3.07. The van der Waals surface area contributed by atoms with Crippen LogP contribution in [0.2, 0.25) is 0 Å². The molecule has 0 unspecified atom stereocenters. The van der Waals surface area contributed by atoms with Crippen molar-refractivity contribution in [3.05, 3.63) is 59.2 Å². The highest BCUT2D eigenvalue weighted by atomic mass is 19.4. The summed E-state index contributed by atoms with van der Waals surface area (Å²) in [5.74, 6) is -2.11. The summed E-state index contributed by atoms with van der Waals surface area (Å²) in [5.41, 5.74) is 1.13. The highest BCUT2D eigenvalue weighted by Crippen LogP contribution is 2.45. The molecule has 1 aromatic heterocycles. The molecule has 3 N–H and O–H groups in total. The van der Waals surface area contributed by atoms with Crippen LogP contribution in [-0.4, -0.2) is 35.6 Å². The van der Waals surface area contributed by atoms with Gasteiger partial charge in [-0.3, -0.25) is 4.79 Å². The zero-order chi connectivity index (χ0) is 23.7. The van der Waals surface area contributed by atoms with Crippen molar-refractivity contribution in [3.8, 4) is 6.07 Å². The molecule has 13 heteroatoms. The molecule has 0 saturated carbocycles. The number of carbonyl (C=O) groups is 1. The van der Waals surface area contributed by atoms with E-state index in [9.17, 15) is 31.1 Å². The first-order chi connectivity index (χ1) is 15.0. The molecule has 0 spiro atoms. The molecule has 2 heterocycles. The van der Waals surface area contributed by atoms with Crippen LogP contribution >= 0.6 is 0 Å². The number of carbonyl (C=O) groups excluding carboxylic acids is 1. The number of hydrogen-bond acceptors (Lipinski definition) is 6. The van der Waals surface area contributed by atoms with Crippen LogP contribution in [0.25, 0.3) is 0 Å². The lowest BCUT2D eigenvalue weighted by molar-refractivity contribution is -0.213. The summed E-state index contributed by atoms with van der Waals surface area (Å²) in [6, 6.07) is 5.63. The lowest BCUT2D eigenvalue weighted by Crippen LogP contribution is -2.50. The predicted molar refractivity (Wildman–Crippen MR) is 98.2 cm³/mol. The van der Waals surface area contributed by atoms with Gasteiger partial charge in [0.05, 0.1) is 5.56 Å². The van der Waals surface area contributed by atoms with Crippen LogP contribution < -0.4 is 11.1 Å². The second-order valence-electron chi connectivity index (χ2n) is 6.72. The van der Waals surface area contributed by atoms with Gasteiger partial charge < -0.3 is 15.8 Å². The summed E-state index contributed by atoms with van der Waals surface area (Å²) in [5, 5.41) is 11.0. The predicted octanol–water partition coefficient (Wildman–Crippen LogP) is 3.47. The summed E-state index contributed by atoms with van der Waals surface area (Å²) >= 11 is 0. The van der Waals surface area contributed by atoms with Gasteiger partial charge in [-0.25, -0.2) is 23.1 Å². The first kappa shape index (κ1) is 22.9. The second kappa shape index (κ2) is 8.37. The van der Waals surface area contributed by atoms with Gasteiger partial charge in [0, 0.05) is 23.9 Å². The summed E-state index contributed by atoms with van der Waals surface area (Å²) < 4.78 is 86.4. The number of ether oxygens (including phenoxy) is 1. The van der Waals surface area contributed by atoms with E-state index < -0.39 is 54.0 Å². The minimum absolute atomic E-state index is 0.149. The number of amides is 1. The van der Waals surface area contributed by atoms with Crippen LogP contribution in [0.5, 0.6) is 0 Å². The number of aromatic nitrogens is 1. The van der Waals surface area contributed by atoms with Crippen LogP contribution in [-0.2, 0) is 10.3 Å². The van der Waals surface area contributed by atoms with Crippen LogP contribution in [0.3, 0.4) is 0 Å². The molecule has 0 fully saturated rings. The summed E-state index contributed by atoms with van der Waals surface area (Å²) in [7, 11) is 0. The third kappa shape index (κ3) is 4.43. The van der Waals surface area contributed by atoms with E-state index in [0.29, 0.717) is 6.07 Å². The number of benzene rings is 1. The maximum Gasteiger partial charge on any atom is 0.425 e. The zero-order valence-corrected chi connectivity index (χ0v) is 15.8. The molecule has 2 aromatic rings. The molecule has 2 atom stereocenters. The number of pyridine rings is 1. The zero-order valence-electron chi connectivity index (χ0n) is 15.8. The molecule has 0 saturated heterocycles. The minimum Gasteiger partial charge on any atom is -0.452 e. The monoisotopic (exact) mass is 457 g/mol. The Bertz CT molecular complexity index is 1100. The lowest BCUT2D eigenvalue weighted by atomic mass is 9.83. The number of nitrogens with one attached hydrogen (secondary N) is 1. The normalized spacial score (nSPS) is 20.8. The number of nitrogens with zero attached hydrogens (tertiary/aromatic N) is 3. The van der Waals surface area contributed by atoms with Crippen molar-refractivity contribution >= 4 is 17.6 Å². The molecule has 1 amide bonds. The third-order valence-electron chi connectivity index (χ3n) is 4.61. The average Bonchev–Trinajstić information content (AvgIpc) is 2.73. The van der Waals surface area contributed by atoms with Gasteiger partial charge in [0.2, 0.25) is 0 Å². The summed E-state index contributed by atoms with van der Waals surface area (Å²) in [4.78, 5) is 19.4. The molecular formula is C19H13F6N5O2. The molecule has 1 aliphatic heterocycles. The largest absolute Gasteiger partial charge is 0.452 e. The Kier molecular flexibility index (Phi) is 5.98. The van der Waals surface area contributed by atoms with E-state index in [1.54, 1.807) is 6.07 Å². The number of rotatable bonds is 4. The van der Waals surface area contributed by atoms with E-state index in [0.717, 1.165) is 18.3 Å². The number of halogens is 6. The second-order valence-corrected chi connectivity index (χ2v) is 6.72. The van der Waals surface area contributed by atoms with Crippen LogP contribution in [0.4, 0.5) is 32.0 Å². The number of alkyl halides is 5. The van der Waals surface area contributed by atoms with Crippen LogP contribution in [0.1, 0.15) is 28.0 Å². The van der Waals surface area contributed by atoms with E-state index in [4.69, 9.17) is 11.0 Å². The SMILES string of the molecule is N#Cc1ccc(C(=O)Nc2ccc(F)c([C@]3(C(F)F)C[C@@H](C(F)(F)F)OC(N)=N3)c2)nc1. The standard InChI is InChI=1S/C19H13F6N5O2/c20-12-3-2-10(29-15(31)13-4-1-9(7-26)8-28-13)5-11(12)18(16(21)22)6-14(19(23,24)25)32-17(27)30-18/h1-5,8,14,16H,6H2,(H2,27,30)(H,29,31)/t14-,18-/m0/s1. The van der Waals surface area contributed by atoms with Crippen LogP contribution in [0.15, 0.2) is 41.5 Å².